The topological polar surface area (TPSA) is 58.4 Å². The normalized spacial score (nSPS) is 15.9. The number of aromatic nitrogens is 2. The van der Waals surface area contributed by atoms with Gasteiger partial charge in [-0.15, -0.1) is 0 Å². The van der Waals surface area contributed by atoms with E-state index < -0.39 is 5.97 Å². The quantitative estimate of drug-likeness (QED) is 0.738. The fraction of sp³-hybridized carbons (Fsp3) is 0.391. The second-order valence-electron chi connectivity index (χ2n) is 7.94. The van der Waals surface area contributed by atoms with Gasteiger partial charge in [0.1, 0.15) is 0 Å². The molecule has 0 saturated heterocycles. The van der Waals surface area contributed by atoms with Crippen molar-refractivity contribution in [3.05, 3.63) is 65.1 Å². The standard InChI is InChI=1S/C23H27N3O2/c1-16-5-6-21-20(12-16)19-7-10-25(2)11-8-22(19)26(21)15-18(13-23(27)28)17-4-3-9-24-14-17/h3-6,9,12,14,18H,7-8,10-11,13,15H2,1-2H3,(H,27,28). The van der Waals surface area contributed by atoms with E-state index in [9.17, 15) is 9.90 Å². The SMILES string of the molecule is Cc1ccc2c(c1)c1c(n2CC(CC(=O)O)c2cccnc2)CCN(C)CC1. The molecule has 1 N–H and O–H groups in total. The van der Waals surface area contributed by atoms with Crippen LogP contribution in [0, 0.1) is 6.92 Å². The Kier molecular flexibility index (Phi) is 5.18. The van der Waals surface area contributed by atoms with Crippen LogP contribution in [0.3, 0.4) is 0 Å². The number of hydrogen-bond donors (Lipinski definition) is 1. The van der Waals surface area contributed by atoms with Crippen LogP contribution in [0.4, 0.5) is 0 Å². The number of hydrogen-bond acceptors (Lipinski definition) is 3. The Morgan fingerprint density at radius 3 is 2.82 bits per heavy atom. The van der Waals surface area contributed by atoms with Crippen LogP contribution in [0.25, 0.3) is 10.9 Å². The van der Waals surface area contributed by atoms with Crippen LogP contribution in [-0.2, 0) is 24.2 Å². The minimum absolute atomic E-state index is 0.103. The third-order valence-corrected chi connectivity index (χ3v) is 5.90. The molecule has 3 heterocycles. The Bertz CT molecular complexity index is 994. The molecular weight excluding hydrogens is 350 g/mol. The van der Waals surface area contributed by atoms with Crippen molar-refractivity contribution >= 4 is 16.9 Å². The Labute approximate surface area is 165 Å². The van der Waals surface area contributed by atoms with Gasteiger partial charge in [0.2, 0.25) is 0 Å². The van der Waals surface area contributed by atoms with Crippen molar-refractivity contribution in [1.29, 1.82) is 0 Å². The fourth-order valence-corrected chi connectivity index (χ4v) is 4.41. The smallest absolute Gasteiger partial charge is 0.304 e. The molecule has 146 valence electrons. The summed E-state index contributed by atoms with van der Waals surface area (Å²) in [5.41, 5.74) is 6.27. The summed E-state index contributed by atoms with van der Waals surface area (Å²) in [6.07, 6.45) is 5.67. The zero-order chi connectivity index (χ0) is 19.7. The van der Waals surface area contributed by atoms with E-state index in [0.29, 0.717) is 6.54 Å². The maximum Gasteiger partial charge on any atom is 0.304 e. The third-order valence-electron chi connectivity index (χ3n) is 5.90. The van der Waals surface area contributed by atoms with Crippen LogP contribution in [0.5, 0.6) is 0 Å². The summed E-state index contributed by atoms with van der Waals surface area (Å²) >= 11 is 0. The number of carboxylic acid groups (broad SMARTS) is 1. The summed E-state index contributed by atoms with van der Waals surface area (Å²) < 4.78 is 2.38. The Morgan fingerprint density at radius 1 is 1.25 bits per heavy atom. The zero-order valence-corrected chi connectivity index (χ0v) is 16.6. The lowest BCUT2D eigenvalue weighted by Crippen LogP contribution is -2.22. The van der Waals surface area contributed by atoms with Crippen LogP contribution in [0.1, 0.15) is 34.7 Å². The predicted octanol–water partition coefficient (Wildman–Crippen LogP) is 3.63. The minimum Gasteiger partial charge on any atom is -0.481 e. The number of aliphatic carboxylic acids is 1. The largest absolute Gasteiger partial charge is 0.481 e. The molecule has 0 radical (unpaired) electrons. The molecule has 1 aliphatic rings. The van der Waals surface area contributed by atoms with Gasteiger partial charge in [-0.05, 0) is 49.7 Å². The summed E-state index contributed by atoms with van der Waals surface area (Å²) in [5.74, 6) is -0.875. The van der Waals surface area contributed by atoms with Gasteiger partial charge in [-0.2, -0.15) is 0 Å². The van der Waals surface area contributed by atoms with Crippen molar-refractivity contribution in [2.45, 2.75) is 38.6 Å². The molecule has 1 unspecified atom stereocenters. The molecular formula is C23H27N3O2. The summed E-state index contributed by atoms with van der Waals surface area (Å²) in [6, 6.07) is 10.5. The van der Waals surface area contributed by atoms with Gasteiger partial charge in [-0.1, -0.05) is 17.7 Å². The van der Waals surface area contributed by atoms with Crippen LogP contribution in [0.2, 0.25) is 0 Å². The number of aryl methyl sites for hydroxylation is 1. The lowest BCUT2D eigenvalue weighted by Gasteiger charge is -2.20. The van der Waals surface area contributed by atoms with E-state index in [1.807, 2.05) is 12.1 Å². The van der Waals surface area contributed by atoms with E-state index in [1.54, 1.807) is 12.4 Å². The van der Waals surface area contributed by atoms with E-state index in [-0.39, 0.29) is 12.3 Å². The van der Waals surface area contributed by atoms with Gasteiger partial charge in [0.15, 0.2) is 0 Å². The molecule has 2 aromatic heterocycles. The summed E-state index contributed by atoms with van der Waals surface area (Å²) in [6.45, 7) is 4.88. The van der Waals surface area contributed by atoms with Crippen molar-refractivity contribution in [2.24, 2.45) is 0 Å². The van der Waals surface area contributed by atoms with Gasteiger partial charge in [-0.25, -0.2) is 0 Å². The molecule has 0 aliphatic carbocycles. The van der Waals surface area contributed by atoms with Gasteiger partial charge >= 0.3 is 5.97 Å². The average molecular weight is 377 g/mol. The highest BCUT2D eigenvalue weighted by Crippen LogP contribution is 2.33. The number of pyridine rings is 1. The van der Waals surface area contributed by atoms with Gasteiger partial charge in [0.25, 0.3) is 0 Å². The first-order chi connectivity index (χ1) is 13.5. The molecule has 4 rings (SSSR count). The van der Waals surface area contributed by atoms with E-state index in [4.69, 9.17) is 0 Å². The molecule has 28 heavy (non-hydrogen) atoms. The molecule has 5 heteroatoms. The molecule has 0 fully saturated rings. The molecule has 3 aromatic rings. The highest BCUT2D eigenvalue weighted by atomic mass is 16.4. The summed E-state index contributed by atoms with van der Waals surface area (Å²) in [7, 11) is 2.17. The first-order valence-electron chi connectivity index (χ1n) is 9.94. The maximum atomic E-state index is 11.6. The Balaban J connectivity index is 1.81. The monoisotopic (exact) mass is 377 g/mol. The molecule has 1 atom stereocenters. The van der Waals surface area contributed by atoms with Crippen molar-refractivity contribution in [3.8, 4) is 0 Å². The molecule has 1 aromatic carbocycles. The first-order valence-corrected chi connectivity index (χ1v) is 9.94. The highest BCUT2D eigenvalue weighted by molar-refractivity contribution is 5.86. The van der Waals surface area contributed by atoms with Crippen molar-refractivity contribution in [1.82, 2.24) is 14.5 Å². The van der Waals surface area contributed by atoms with E-state index in [0.717, 1.165) is 31.5 Å². The predicted molar refractivity (Wildman–Crippen MR) is 111 cm³/mol. The third kappa shape index (κ3) is 3.67. The van der Waals surface area contributed by atoms with Crippen LogP contribution in [-0.4, -0.2) is 45.7 Å². The van der Waals surface area contributed by atoms with Gasteiger partial charge in [-0.3, -0.25) is 9.78 Å². The molecule has 0 saturated carbocycles. The molecule has 0 amide bonds. The van der Waals surface area contributed by atoms with Crippen molar-refractivity contribution in [3.63, 3.8) is 0 Å². The number of carboxylic acids is 1. The second kappa shape index (κ2) is 7.76. The number of benzene rings is 1. The van der Waals surface area contributed by atoms with E-state index in [1.165, 1.54) is 27.7 Å². The minimum atomic E-state index is -0.771. The number of likely N-dealkylation sites (N-methyl/N-ethyl adjacent to an activating group) is 1. The number of nitrogens with zero attached hydrogens (tertiary/aromatic N) is 3. The molecule has 0 spiro atoms. The average Bonchev–Trinajstić information content (AvgIpc) is 2.81. The molecule has 1 aliphatic heterocycles. The summed E-state index contributed by atoms with van der Waals surface area (Å²) in [5, 5.41) is 10.8. The van der Waals surface area contributed by atoms with Gasteiger partial charge in [0.05, 0.1) is 6.42 Å². The number of rotatable bonds is 5. The van der Waals surface area contributed by atoms with E-state index in [2.05, 4.69) is 46.6 Å². The highest BCUT2D eigenvalue weighted by Gasteiger charge is 2.24. The van der Waals surface area contributed by atoms with Crippen molar-refractivity contribution < 1.29 is 9.90 Å². The zero-order valence-electron chi connectivity index (χ0n) is 16.6. The number of carbonyl (C=O) groups is 1. The first kappa shape index (κ1) is 18.7. The van der Waals surface area contributed by atoms with Crippen LogP contribution < -0.4 is 0 Å². The van der Waals surface area contributed by atoms with Crippen molar-refractivity contribution in [2.75, 3.05) is 20.1 Å². The fourth-order valence-electron chi connectivity index (χ4n) is 4.41. The van der Waals surface area contributed by atoms with Crippen LogP contribution >= 0.6 is 0 Å². The lowest BCUT2D eigenvalue weighted by molar-refractivity contribution is -0.137. The van der Waals surface area contributed by atoms with Gasteiger partial charge < -0.3 is 14.6 Å². The Hall–Kier alpha value is -2.66. The lowest BCUT2D eigenvalue weighted by atomic mass is 9.97. The second-order valence-corrected chi connectivity index (χ2v) is 7.94. The summed E-state index contributed by atoms with van der Waals surface area (Å²) in [4.78, 5) is 18.2. The van der Waals surface area contributed by atoms with Crippen LogP contribution in [0.15, 0.2) is 42.7 Å². The van der Waals surface area contributed by atoms with E-state index >= 15 is 0 Å². The molecule has 0 bridgehead atoms. The van der Waals surface area contributed by atoms with Gasteiger partial charge in [0, 0.05) is 61.0 Å². The molecule has 5 nitrogen and oxygen atoms in total. The number of fused-ring (bicyclic) bond motifs is 3. The maximum absolute atomic E-state index is 11.6. The Morgan fingerprint density at radius 2 is 2.07 bits per heavy atom.